The number of phosphoric ester groups is 1. The predicted molar refractivity (Wildman–Crippen MR) is 201 cm³/mol. The first kappa shape index (κ1) is 46.7. The fraction of sp³-hybridized carbons (Fsp3) is 0.692. The smallest absolute Gasteiger partial charge is 0.462 e. The molecule has 9 nitrogen and oxygen atoms in total. The van der Waals surface area contributed by atoms with Gasteiger partial charge in [-0.1, -0.05) is 113 Å². The van der Waals surface area contributed by atoms with Crippen LogP contribution in [0, 0.1) is 0 Å². The number of allylic oxidation sites excluding steroid dienone is 10. The standard InChI is InChI=1S/C39H68NO8P/c1-3-5-7-9-11-13-15-17-18-20-22-24-26-28-30-32-39(42)48-37(36-47-49(43,44)46-34-33-40)35-45-38(41)31-29-27-25-23-21-19-16-14-12-10-8-6-4-2/h5,7,11,13-14,16-18,22,24,37H,3-4,6,8-10,12,15,19-21,23,25-36,40H2,1-2H3,(H,43,44)/b7-5+,13-11+,16-14+,18-17+,24-22+/t37-/m1/s1. The highest BCUT2D eigenvalue weighted by atomic mass is 31.2. The van der Waals surface area contributed by atoms with Gasteiger partial charge in [-0.25, -0.2) is 4.57 Å². The quantitative estimate of drug-likeness (QED) is 0.0290. The van der Waals surface area contributed by atoms with Crippen molar-refractivity contribution < 1.29 is 37.6 Å². The third-order valence-electron chi connectivity index (χ3n) is 7.39. The average Bonchev–Trinajstić information content (AvgIpc) is 3.08. The summed E-state index contributed by atoms with van der Waals surface area (Å²) in [4.78, 5) is 34.7. The molecule has 0 bridgehead atoms. The Hall–Kier alpha value is -2.29. The van der Waals surface area contributed by atoms with E-state index in [-0.39, 0.29) is 32.6 Å². The maximum atomic E-state index is 12.5. The van der Waals surface area contributed by atoms with E-state index in [2.05, 4.69) is 74.6 Å². The lowest BCUT2D eigenvalue weighted by Gasteiger charge is -2.19. The minimum Gasteiger partial charge on any atom is -0.462 e. The number of esters is 2. The largest absolute Gasteiger partial charge is 0.472 e. The molecule has 282 valence electrons. The van der Waals surface area contributed by atoms with Crippen LogP contribution in [0.4, 0.5) is 0 Å². The molecule has 0 spiro atoms. The molecule has 0 heterocycles. The molecule has 10 heteroatoms. The van der Waals surface area contributed by atoms with Gasteiger partial charge < -0.3 is 20.1 Å². The molecule has 0 saturated carbocycles. The molecule has 0 aliphatic rings. The fourth-order valence-electron chi connectivity index (χ4n) is 4.62. The minimum atomic E-state index is -4.39. The number of carbonyl (C=O) groups is 2. The van der Waals surface area contributed by atoms with E-state index in [9.17, 15) is 19.0 Å². The Labute approximate surface area is 298 Å². The topological polar surface area (TPSA) is 134 Å². The van der Waals surface area contributed by atoms with Crippen molar-refractivity contribution in [1.29, 1.82) is 0 Å². The third-order valence-corrected chi connectivity index (χ3v) is 8.37. The highest BCUT2D eigenvalue weighted by Gasteiger charge is 2.25. The second-order valence-electron chi connectivity index (χ2n) is 12.1. The molecule has 1 unspecified atom stereocenters. The predicted octanol–water partition coefficient (Wildman–Crippen LogP) is 10.2. The van der Waals surface area contributed by atoms with E-state index in [0.29, 0.717) is 12.8 Å². The first-order valence-electron chi connectivity index (χ1n) is 18.8. The molecule has 0 aliphatic heterocycles. The molecular weight excluding hydrogens is 641 g/mol. The maximum absolute atomic E-state index is 12.5. The SMILES string of the molecule is CC/C=C/C/C=C/C/C=C/C/C=C/CCCCC(=O)O[C@H](COC(=O)CCCCCCC/C=C/CCCCCC)COP(=O)(O)OCCN. The average molecular weight is 710 g/mol. The Balaban J connectivity index is 4.34. The van der Waals surface area contributed by atoms with Gasteiger partial charge in [-0.3, -0.25) is 18.6 Å². The molecule has 0 aliphatic carbocycles. The summed E-state index contributed by atoms with van der Waals surface area (Å²) in [7, 11) is -4.39. The molecule has 0 radical (unpaired) electrons. The van der Waals surface area contributed by atoms with Crippen LogP contribution in [0.5, 0.6) is 0 Å². The Morgan fingerprint density at radius 3 is 1.73 bits per heavy atom. The number of ether oxygens (including phenoxy) is 2. The Morgan fingerprint density at radius 2 is 1.12 bits per heavy atom. The minimum absolute atomic E-state index is 0.0428. The van der Waals surface area contributed by atoms with Gasteiger partial charge in [0.15, 0.2) is 6.10 Å². The second kappa shape index (κ2) is 35.5. The van der Waals surface area contributed by atoms with Crippen LogP contribution in [0.3, 0.4) is 0 Å². The first-order chi connectivity index (χ1) is 23.8. The molecule has 49 heavy (non-hydrogen) atoms. The molecule has 0 fully saturated rings. The van der Waals surface area contributed by atoms with Crippen LogP contribution < -0.4 is 5.73 Å². The molecule has 2 atom stereocenters. The van der Waals surface area contributed by atoms with Crippen molar-refractivity contribution in [2.75, 3.05) is 26.4 Å². The number of hydrogen-bond donors (Lipinski definition) is 2. The van der Waals surface area contributed by atoms with Gasteiger partial charge >= 0.3 is 19.8 Å². The number of nitrogens with two attached hydrogens (primary N) is 1. The van der Waals surface area contributed by atoms with Crippen LogP contribution in [0.15, 0.2) is 60.8 Å². The van der Waals surface area contributed by atoms with Gasteiger partial charge in [0.1, 0.15) is 6.61 Å². The Bertz CT molecular complexity index is 992. The normalized spacial score (nSPS) is 14.1. The van der Waals surface area contributed by atoms with Crippen molar-refractivity contribution in [2.45, 2.75) is 148 Å². The number of phosphoric acid groups is 1. The van der Waals surface area contributed by atoms with Gasteiger partial charge in [0.2, 0.25) is 0 Å². The van der Waals surface area contributed by atoms with Gasteiger partial charge in [0, 0.05) is 19.4 Å². The van der Waals surface area contributed by atoms with Gasteiger partial charge in [0.25, 0.3) is 0 Å². The molecule has 0 aromatic carbocycles. The van der Waals surface area contributed by atoms with Crippen molar-refractivity contribution in [3.63, 3.8) is 0 Å². The molecule has 0 amide bonds. The van der Waals surface area contributed by atoms with Gasteiger partial charge in [-0.2, -0.15) is 0 Å². The lowest BCUT2D eigenvalue weighted by molar-refractivity contribution is -0.161. The highest BCUT2D eigenvalue weighted by Crippen LogP contribution is 2.43. The van der Waals surface area contributed by atoms with Gasteiger partial charge in [0.05, 0.1) is 13.2 Å². The number of hydrogen-bond acceptors (Lipinski definition) is 8. The third kappa shape index (κ3) is 35.3. The lowest BCUT2D eigenvalue weighted by atomic mass is 10.1. The monoisotopic (exact) mass is 709 g/mol. The second-order valence-corrected chi connectivity index (χ2v) is 13.5. The summed E-state index contributed by atoms with van der Waals surface area (Å²) in [6, 6.07) is 0. The van der Waals surface area contributed by atoms with Crippen molar-refractivity contribution in [2.24, 2.45) is 5.73 Å². The molecule has 0 saturated heterocycles. The van der Waals surface area contributed by atoms with E-state index in [1.807, 2.05) is 0 Å². The van der Waals surface area contributed by atoms with Gasteiger partial charge in [-0.15, -0.1) is 0 Å². The summed E-state index contributed by atoms with van der Waals surface area (Å²) in [5.74, 6) is -0.895. The highest BCUT2D eigenvalue weighted by molar-refractivity contribution is 7.47. The van der Waals surface area contributed by atoms with E-state index < -0.39 is 32.5 Å². The molecule has 0 aromatic rings. The van der Waals surface area contributed by atoms with E-state index in [1.54, 1.807) is 0 Å². The number of rotatable bonds is 34. The van der Waals surface area contributed by atoms with Crippen molar-refractivity contribution in [1.82, 2.24) is 0 Å². The van der Waals surface area contributed by atoms with Crippen LogP contribution >= 0.6 is 7.82 Å². The van der Waals surface area contributed by atoms with Crippen molar-refractivity contribution in [3.05, 3.63) is 60.8 Å². The van der Waals surface area contributed by atoms with E-state index in [1.165, 1.54) is 32.1 Å². The zero-order chi connectivity index (χ0) is 36.1. The summed E-state index contributed by atoms with van der Waals surface area (Å²) in [6.45, 7) is 3.51. The molecule has 3 N–H and O–H groups in total. The number of unbranched alkanes of at least 4 members (excludes halogenated alkanes) is 11. The summed E-state index contributed by atoms with van der Waals surface area (Å²) in [5.41, 5.74) is 5.32. The van der Waals surface area contributed by atoms with E-state index >= 15 is 0 Å². The summed E-state index contributed by atoms with van der Waals surface area (Å²) in [6.07, 6.45) is 39.7. The Kier molecular flexibility index (Phi) is 33.9. The van der Waals surface area contributed by atoms with Crippen LogP contribution in [0.25, 0.3) is 0 Å². The van der Waals surface area contributed by atoms with Crippen LogP contribution in [-0.4, -0.2) is 49.3 Å². The fourth-order valence-corrected chi connectivity index (χ4v) is 5.38. The van der Waals surface area contributed by atoms with Crippen LogP contribution in [0.2, 0.25) is 0 Å². The zero-order valence-electron chi connectivity index (χ0n) is 30.7. The Morgan fingerprint density at radius 1 is 0.633 bits per heavy atom. The van der Waals surface area contributed by atoms with E-state index in [4.69, 9.17) is 24.3 Å². The van der Waals surface area contributed by atoms with Crippen LogP contribution in [0.1, 0.15) is 142 Å². The summed E-state index contributed by atoms with van der Waals surface area (Å²) in [5, 5.41) is 0. The molecular formula is C39H68NO8P. The van der Waals surface area contributed by atoms with Crippen molar-refractivity contribution >= 4 is 19.8 Å². The number of carbonyl (C=O) groups excluding carboxylic acids is 2. The molecule has 0 aromatic heterocycles. The zero-order valence-corrected chi connectivity index (χ0v) is 31.5. The summed E-state index contributed by atoms with van der Waals surface area (Å²) < 4.78 is 32.6. The lowest BCUT2D eigenvalue weighted by Crippen LogP contribution is -2.29. The first-order valence-corrected chi connectivity index (χ1v) is 20.3. The summed E-state index contributed by atoms with van der Waals surface area (Å²) >= 11 is 0. The maximum Gasteiger partial charge on any atom is 0.472 e. The van der Waals surface area contributed by atoms with E-state index in [0.717, 1.165) is 70.6 Å². The molecule has 0 rings (SSSR count). The van der Waals surface area contributed by atoms with Crippen molar-refractivity contribution in [3.8, 4) is 0 Å². The van der Waals surface area contributed by atoms with Crippen LogP contribution in [-0.2, 0) is 32.7 Å². The van der Waals surface area contributed by atoms with Gasteiger partial charge in [-0.05, 0) is 77.0 Å².